The zero-order valence-electron chi connectivity index (χ0n) is 11.0. The Morgan fingerprint density at radius 2 is 2.00 bits per heavy atom. The first-order valence-electron chi connectivity index (χ1n) is 6.33. The minimum absolute atomic E-state index is 0.561. The van der Waals surface area contributed by atoms with Gasteiger partial charge in [0, 0.05) is 12.5 Å². The molecule has 1 atom stereocenters. The largest absolute Gasteiger partial charge is 0.469 e. The zero-order valence-corrected chi connectivity index (χ0v) is 11.0. The highest BCUT2D eigenvalue weighted by Gasteiger charge is 2.13. The highest BCUT2D eigenvalue weighted by atomic mass is 16.3. The second kappa shape index (κ2) is 6.74. The van der Waals surface area contributed by atoms with E-state index < -0.39 is 0 Å². The zero-order chi connectivity index (χ0) is 12.0. The molecular weight excluding hydrogens is 198 g/mol. The molecule has 1 N–H and O–H groups in total. The van der Waals surface area contributed by atoms with Gasteiger partial charge in [0.25, 0.3) is 0 Å². The van der Waals surface area contributed by atoms with Crippen molar-refractivity contribution in [1.82, 2.24) is 5.32 Å². The quantitative estimate of drug-likeness (QED) is 0.765. The molecule has 0 aromatic carbocycles. The van der Waals surface area contributed by atoms with Gasteiger partial charge in [-0.25, -0.2) is 0 Å². The monoisotopic (exact) mass is 223 g/mol. The standard InChI is InChI=1S/C14H25NO/c1-11(2)8-13(10-15-12(3)4)9-14-6-5-7-16-14/h5-7,11-13,15H,8-10H2,1-4H3. The van der Waals surface area contributed by atoms with Crippen LogP contribution in [0.2, 0.25) is 0 Å². The second-order valence-electron chi connectivity index (χ2n) is 5.34. The van der Waals surface area contributed by atoms with E-state index in [2.05, 4.69) is 39.1 Å². The van der Waals surface area contributed by atoms with E-state index in [9.17, 15) is 0 Å². The van der Waals surface area contributed by atoms with Crippen molar-refractivity contribution in [1.29, 1.82) is 0 Å². The van der Waals surface area contributed by atoms with Gasteiger partial charge in [-0.15, -0.1) is 0 Å². The molecule has 0 amide bonds. The van der Waals surface area contributed by atoms with Gasteiger partial charge in [-0.3, -0.25) is 0 Å². The lowest BCUT2D eigenvalue weighted by Gasteiger charge is -2.20. The molecular formula is C14H25NO. The molecule has 0 aliphatic heterocycles. The maximum Gasteiger partial charge on any atom is 0.104 e. The fourth-order valence-electron chi connectivity index (χ4n) is 2.02. The topological polar surface area (TPSA) is 25.2 Å². The predicted molar refractivity (Wildman–Crippen MR) is 68.5 cm³/mol. The summed E-state index contributed by atoms with van der Waals surface area (Å²) in [5.41, 5.74) is 0. The van der Waals surface area contributed by atoms with Crippen molar-refractivity contribution < 1.29 is 4.42 Å². The van der Waals surface area contributed by atoms with E-state index in [1.807, 2.05) is 6.07 Å². The molecule has 0 bridgehead atoms. The molecule has 2 nitrogen and oxygen atoms in total. The van der Waals surface area contributed by atoms with Gasteiger partial charge in [-0.1, -0.05) is 27.7 Å². The van der Waals surface area contributed by atoms with Crippen LogP contribution in [0.25, 0.3) is 0 Å². The Morgan fingerprint density at radius 3 is 2.50 bits per heavy atom. The van der Waals surface area contributed by atoms with Gasteiger partial charge < -0.3 is 9.73 Å². The minimum atomic E-state index is 0.561. The molecule has 16 heavy (non-hydrogen) atoms. The summed E-state index contributed by atoms with van der Waals surface area (Å²) in [6.07, 6.45) is 4.06. The molecule has 0 aliphatic rings. The van der Waals surface area contributed by atoms with E-state index in [1.54, 1.807) is 6.26 Å². The lowest BCUT2D eigenvalue weighted by Crippen LogP contribution is -2.30. The van der Waals surface area contributed by atoms with Crippen molar-refractivity contribution >= 4 is 0 Å². The first-order valence-corrected chi connectivity index (χ1v) is 6.33. The smallest absolute Gasteiger partial charge is 0.104 e. The molecule has 0 saturated carbocycles. The van der Waals surface area contributed by atoms with Gasteiger partial charge in [0.05, 0.1) is 6.26 Å². The Bertz CT molecular complexity index is 264. The summed E-state index contributed by atoms with van der Waals surface area (Å²) in [6.45, 7) is 10.0. The van der Waals surface area contributed by atoms with Gasteiger partial charge in [-0.2, -0.15) is 0 Å². The maximum atomic E-state index is 5.42. The van der Waals surface area contributed by atoms with Crippen LogP contribution in [0, 0.1) is 11.8 Å². The first kappa shape index (κ1) is 13.3. The highest BCUT2D eigenvalue weighted by molar-refractivity contribution is 4.99. The van der Waals surface area contributed by atoms with Gasteiger partial charge in [0.15, 0.2) is 0 Å². The SMILES string of the molecule is CC(C)CC(CNC(C)C)Cc1ccco1. The average Bonchev–Trinajstić information content (AvgIpc) is 2.66. The van der Waals surface area contributed by atoms with Crippen molar-refractivity contribution in [3.8, 4) is 0 Å². The van der Waals surface area contributed by atoms with E-state index in [4.69, 9.17) is 4.42 Å². The Kier molecular flexibility index (Phi) is 5.61. The molecule has 2 heteroatoms. The third-order valence-electron chi connectivity index (χ3n) is 2.69. The van der Waals surface area contributed by atoms with Crippen molar-refractivity contribution in [3.63, 3.8) is 0 Å². The van der Waals surface area contributed by atoms with Crippen molar-refractivity contribution in [3.05, 3.63) is 24.2 Å². The summed E-state index contributed by atoms with van der Waals surface area (Å²) in [6, 6.07) is 4.60. The molecule has 1 unspecified atom stereocenters. The van der Waals surface area contributed by atoms with E-state index >= 15 is 0 Å². The van der Waals surface area contributed by atoms with Crippen LogP contribution in [0.5, 0.6) is 0 Å². The van der Waals surface area contributed by atoms with Gasteiger partial charge in [0.2, 0.25) is 0 Å². The minimum Gasteiger partial charge on any atom is -0.469 e. The first-order chi connectivity index (χ1) is 7.58. The number of rotatable bonds is 7. The third-order valence-corrected chi connectivity index (χ3v) is 2.69. The maximum absolute atomic E-state index is 5.42. The highest BCUT2D eigenvalue weighted by Crippen LogP contribution is 2.17. The molecule has 0 radical (unpaired) electrons. The van der Waals surface area contributed by atoms with E-state index in [1.165, 1.54) is 6.42 Å². The van der Waals surface area contributed by atoms with Crippen LogP contribution in [0.4, 0.5) is 0 Å². The molecule has 0 saturated heterocycles. The summed E-state index contributed by atoms with van der Waals surface area (Å²) in [5, 5.41) is 3.52. The van der Waals surface area contributed by atoms with Crippen LogP contribution in [0.3, 0.4) is 0 Å². The van der Waals surface area contributed by atoms with Crippen LogP contribution >= 0.6 is 0 Å². The Morgan fingerprint density at radius 1 is 1.25 bits per heavy atom. The van der Waals surface area contributed by atoms with Crippen molar-refractivity contribution in [2.75, 3.05) is 6.54 Å². The molecule has 0 spiro atoms. The number of furan rings is 1. The van der Waals surface area contributed by atoms with E-state index in [-0.39, 0.29) is 0 Å². The Labute approximate surface area is 99.4 Å². The van der Waals surface area contributed by atoms with Crippen LogP contribution in [-0.2, 0) is 6.42 Å². The Hall–Kier alpha value is -0.760. The molecule has 0 aliphatic carbocycles. The van der Waals surface area contributed by atoms with Crippen LogP contribution in [0.1, 0.15) is 39.9 Å². The number of hydrogen-bond donors (Lipinski definition) is 1. The third kappa shape index (κ3) is 5.36. The van der Waals surface area contributed by atoms with Crippen LogP contribution in [0.15, 0.2) is 22.8 Å². The summed E-state index contributed by atoms with van der Waals surface area (Å²) in [4.78, 5) is 0. The summed E-state index contributed by atoms with van der Waals surface area (Å²) >= 11 is 0. The lowest BCUT2D eigenvalue weighted by atomic mass is 9.93. The predicted octanol–water partition coefficient (Wildman–Crippen LogP) is 3.48. The molecule has 1 aromatic rings. The molecule has 1 aromatic heterocycles. The van der Waals surface area contributed by atoms with Crippen molar-refractivity contribution in [2.45, 2.75) is 46.6 Å². The Balaban J connectivity index is 2.43. The molecule has 1 rings (SSSR count). The van der Waals surface area contributed by atoms with Gasteiger partial charge in [0.1, 0.15) is 5.76 Å². The van der Waals surface area contributed by atoms with E-state index in [0.29, 0.717) is 12.0 Å². The normalized spacial score (nSPS) is 13.6. The lowest BCUT2D eigenvalue weighted by molar-refractivity contribution is 0.349. The van der Waals surface area contributed by atoms with Crippen LogP contribution in [-0.4, -0.2) is 12.6 Å². The average molecular weight is 223 g/mol. The van der Waals surface area contributed by atoms with Gasteiger partial charge in [-0.05, 0) is 36.9 Å². The fraction of sp³-hybridized carbons (Fsp3) is 0.714. The second-order valence-corrected chi connectivity index (χ2v) is 5.34. The fourth-order valence-corrected chi connectivity index (χ4v) is 2.02. The summed E-state index contributed by atoms with van der Waals surface area (Å²) < 4.78 is 5.42. The molecule has 0 fully saturated rings. The van der Waals surface area contributed by atoms with Crippen molar-refractivity contribution in [2.24, 2.45) is 11.8 Å². The molecule has 92 valence electrons. The van der Waals surface area contributed by atoms with Crippen LogP contribution < -0.4 is 5.32 Å². The summed E-state index contributed by atoms with van der Waals surface area (Å²) in [7, 11) is 0. The molecule has 1 heterocycles. The van der Waals surface area contributed by atoms with Gasteiger partial charge >= 0.3 is 0 Å². The van der Waals surface area contributed by atoms with E-state index in [0.717, 1.165) is 24.6 Å². The number of hydrogen-bond acceptors (Lipinski definition) is 2. The summed E-state index contributed by atoms with van der Waals surface area (Å²) in [5.74, 6) is 2.53. The number of nitrogens with one attached hydrogen (secondary N) is 1.